The highest BCUT2D eigenvalue weighted by Gasteiger charge is 2.31. The summed E-state index contributed by atoms with van der Waals surface area (Å²) in [5.74, 6) is -0.404. The number of nitrogens with zero attached hydrogens (tertiary/aromatic N) is 3. The lowest BCUT2D eigenvalue weighted by atomic mass is 10.2. The Morgan fingerprint density at radius 3 is 2.61 bits per heavy atom. The average molecular weight is 334 g/mol. The standard InChI is InChI=1S/C14H14N4O4S/c1-22-13(19)9-2-4-11(5-3-9)23(20,21)18-7-10-6-16-14(15)17-12(10)8-18/h2-6H,7-8H2,1H3,(H2,15,16,17). The summed E-state index contributed by atoms with van der Waals surface area (Å²) >= 11 is 0. The van der Waals surface area contributed by atoms with Gasteiger partial charge in [0.25, 0.3) is 0 Å². The predicted molar refractivity (Wildman–Crippen MR) is 80.7 cm³/mol. The highest BCUT2D eigenvalue weighted by molar-refractivity contribution is 7.89. The molecule has 0 atom stereocenters. The zero-order valence-corrected chi connectivity index (χ0v) is 13.1. The normalized spacial score (nSPS) is 14.5. The molecule has 0 unspecified atom stereocenters. The number of sulfonamides is 1. The van der Waals surface area contributed by atoms with E-state index < -0.39 is 16.0 Å². The van der Waals surface area contributed by atoms with Gasteiger partial charge >= 0.3 is 5.97 Å². The van der Waals surface area contributed by atoms with E-state index in [1.54, 1.807) is 0 Å². The van der Waals surface area contributed by atoms with Gasteiger partial charge in [-0.05, 0) is 24.3 Å². The van der Waals surface area contributed by atoms with Gasteiger partial charge in [-0.2, -0.15) is 4.31 Å². The summed E-state index contributed by atoms with van der Waals surface area (Å²) in [7, 11) is -2.43. The highest BCUT2D eigenvalue weighted by atomic mass is 32.2. The van der Waals surface area contributed by atoms with Gasteiger partial charge in [0.2, 0.25) is 16.0 Å². The Kier molecular flexibility index (Phi) is 3.74. The Hall–Kier alpha value is -2.52. The Balaban J connectivity index is 1.87. The smallest absolute Gasteiger partial charge is 0.337 e. The van der Waals surface area contributed by atoms with Crippen molar-refractivity contribution in [3.63, 3.8) is 0 Å². The van der Waals surface area contributed by atoms with E-state index in [9.17, 15) is 13.2 Å². The minimum absolute atomic E-state index is 0.0962. The number of anilines is 1. The van der Waals surface area contributed by atoms with Crippen LogP contribution in [-0.4, -0.2) is 35.8 Å². The molecule has 1 aliphatic rings. The van der Waals surface area contributed by atoms with E-state index in [4.69, 9.17) is 5.73 Å². The fourth-order valence-corrected chi connectivity index (χ4v) is 3.72. The molecule has 0 saturated carbocycles. The molecule has 0 amide bonds. The van der Waals surface area contributed by atoms with E-state index >= 15 is 0 Å². The van der Waals surface area contributed by atoms with Crippen LogP contribution in [0.25, 0.3) is 0 Å². The van der Waals surface area contributed by atoms with Crippen molar-refractivity contribution in [1.29, 1.82) is 0 Å². The molecule has 1 aromatic heterocycles. The lowest BCUT2D eigenvalue weighted by Crippen LogP contribution is -2.25. The second-order valence-electron chi connectivity index (χ2n) is 4.99. The molecule has 2 N–H and O–H groups in total. The van der Waals surface area contributed by atoms with E-state index in [0.29, 0.717) is 5.69 Å². The molecule has 0 fully saturated rings. The zero-order valence-electron chi connectivity index (χ0n) is 12.3. The van der Waals surface area contributed by atoms with Crippen LogP contribution in [0.3, 0.4) is 0 Å². The number of hydrogen-bond donors (Lipinski definition) is 1. The van der Waals surface area contributed by atoms with E-state index in [1.165, 1.54) is 41.9 Å². The first-order valence-corrected chi connectivity index (χ1v) is 8.14. The van der Waals surface area contributed by atoms with E-state index in [2.05, 4.69) is 14.7 Å². The molecule has 0 spiro atoms. The van der Waals surface area contributed by atoms with Crippen LogP contribution in [0.2, 0.25) is 0 Å². The number of carbonyl (C=O) groups is 1. The van der Waals surface area contributed by atoms with Crippen LogP contribution in [0, 0.1) is 0 Å². The monoisotopic (exact) mass is 334 g/mol. The number of benzene rings is 1. The summed E-state index contributed by atoms with van der Waals surface area (Å²) in [4.78, 5) is 19.4. The molecular weight excluding hydrogens is 320 g/mol. The topological polar surface area (TPSA) is 115 Å². The Labute approximate surface area is 133 Å². The molecule has 0 saturated heterocycles. The SMILES string of the molecule is COC(=O)c1ccc(S(=O)(=O)N2Cc3cnc(N)nc3C2)cc1. The Morgan fingerprint density at radius 1 is 1.26 bits per heavy atom. The van der Waals surface area contributed by atoms with Gasteiger partial charge in [-0.15, -0.1) is 0 Å². The second kappa shape index (κ2) is 5.60. The molecule has 9 heteroatoms. The first kappa shape index (κ1) is 15.4. The predicted octanol–water partition coefficient (Wildman–Crippen LogP) is 0.550. The van der Waals surface area contributed by atoms with E-state index in [1.807, 2.05) is 0 Å². The molecule has 0 aliphatic carbocycles. The maximum Gasteiger partial charge on any atom is 0.337 e. The van der Waals surface area contributed by atoms with Crippen LogP contribution in [0.1, 0.15) is 21.6 Å². The fraction of sp³-hybridized carbons (Fsp3) is 0.214. The van der Waals surface area contributed by atoms with Crippen molar-refractivity contribution in [2.45, 2.75) is 18.0 Å². The zero-order chi connectivity index (χ0) is 16.6. The molecule has 1 aliphatic heterocycles. The van der Waals surface area contributed by atoms with Crippen molar-refractivity contribution in [1.82, 2.24) is 14.3 Å². The summed E-state index contributed by atoms with van der Waals surface area (Å²) in [6.45, 7) is 0.333. The highest BCUT2D eigenvalue weighted by Crippen LogP contribution is 2.27. The van der Waals surface area contributed by atoms with Crippen molar-refractivity contribution >= 4 is 21.9 Å². The molecule has 23 heavy (non-hydrogen) atoms. The minimum Gasteiger partial charge on any atom is -0.465 e. The minimum atomic E-state index is -3.70. The van der Waals surface area contributed by atoms with Crippen molar-refractivity contribution in [3.8, 4) is 0 Å². The number of rotatable bonds is 3. The average Bonchev–Trinajstić information content (AvgIpc) is 2.98. The summed E-state index contributed by atoms with van der Waals surface area (Å²) in [5.41, 5.74) is 7.14. The molecule has 2 aromatic rings. The molecular formula is C14H14N4O4S. The number of ether oxygens (including phenoxy) is 1. The van der Waals surface area contributed by atoms with Gasteiger partial charge in [-0.25, -0.2) is 23.2 Å². The van der Waals surface area contributed by atoms with Crippen LogP contribution in [-0.2, 0) is 27.8 Å². The van der Waals surface area contributed by atoms with Gasteiger partial charge in [-0.1, -0.05) is 0 Å². The van der Waals surface area contributed by atoms with Crippen LogP contribution in [0.5, 0.6) is 0 Å². The lowest BCUT2D eigenvalue weighted by Gasteiger charge is -2.15. The number of fused-ring (bicyclic) bond motifs is 1. The van der Waals surface area contributed by atoms with Gasteiger partial charge < -0.3 is 10.5 Å². The van der Waals surface area contributed by atoms with Crippen molar-refractivity contribution in [2.75, 3.05) is 12.8 Å². The number of nitrogens with two attached hydrogens (primary N) is 1. The number of aromatic nitrogens is 2. The summed E-state index contributed by atoms with van der Waals surface area (Å²) in [6, 6.07) is 5.59. The van der Waals surface area contributed by atoms with E-state index in [0.717, 1.165) is 5.56 Å². The summed E-state index contributed by atoms with van der Waals surface area (Å²) in [5, 5.41) is 0. The number of hydrogen-bond acceptors (Lipinski definition) is 7. The summed E-state index contributed by atoms with van der Waals surface area (Å²) in [6.07, 6.45) is 1.54. The van der Waals surface area contributed by atoms with Gasteiger partial charge in [0.15, 0.2) is 0 Å². The van der Waals surface area contributed by atoms with Gasteiger partial charge in [0.1, 0.15) is 0 Å². The third-order valence-corrected chi connectivity index (χ3v) is 5.36. The number of nitrogen functional groups attached to an aromatic ring is 1. The van der Waals surface area contributed by atoms with Crippen molar-refractivity contribution in [3.05, 3.63) is 47.3 Å². The molecule has 3 rings (SSSR count). The number of esters is 1. The third kappa shape index (κ3) is 2.76. The molecule has 0 bridgehead atoms. The van der Waals surface area contributed by atoms with Gasteiger partial charge in [0.05, 0.1) is 29.8 Å². The second-order valence-corrected chi connectivity index (χ2v) is 6.93. The fourth-order valence-electron chi connectivity index (χ4n) is 2.34. The maximum absolute atomic E-state index is 12.7. The first-order chi connectivity index (χ1) is 10.9. The molecule has 0 radical (unpaired) electrons. The lowest BCUT2D eigenvalue weighted by molar-refractivity contribution is 0.0600. The van der Waals surface area contributed by atoms with Gasteiger partial charge in [-0.3, -0.25) is 0 Å². The summed E-state index contributed by atoms with van der Waals surface area (Å²) < 4.78 is 31.2. The van der Waals surface area contributed by atoms with Crippen LogP contribution in [0.4, 0.5) is 5.95 Å². The number of methoxy groups -OCH3 is 1. The van der Waals surface area contributed by atoms with Crippen molar-refractivity contribution < 1.29 is 17.9 Å². The molecule has 1 aromatic carbocycles. The largest absolute Gasteiger partial charge is 0.465 e. The Morgan fingerprint density at radius 2 is 1.96 bits per heavy atom. The van der Waals surface area contributed by atoms with Crippen LogP contribution >= 0.6 is 0 Å². The first-order valence-electron chi connectivity index (χ1n) is 6.70. The molecule has 120 valence electrons. The third-order valence-electron chi connectivity index (χ3n) is 3.56. The molecule has 8 nitrogen and oxygen atoms in total. The van der Waals surface area contributed by atoms with Gasteiger partial charge in [0, 0.05) is 18.3 Å². The molecule has 2 heterocycles. The number of carbonyl (C=O) groups excluding carboxylic acids is 1. The van der Waals surface area contributed by atoms with Crippen LogP contribution in [0.15, 0.2) is 35.4 Å². The quantitative estimate of drug-likeness (QED) is 0.815. The van der Waals surface area contributed by atoms with Crippen LogP contribution < -0.4 is 5.73 Å². The van der Waals surface area contributed by atoms with Crippen molar-refractivity contribution in [2.24, 2.45) is 0 Å². The maximum atomic E-state index is 12.7. The van der Waals surface area contributed by atoms with E-state index in [-0.39, 0.29) is 29.5 Å². The Bertz CT molecular complexity index is 865.